The van der Waals surface area contributed by atoms with E-state index < -0.39 is 0 Å². The highest BCUT2D eigenvalue weighted by Crippen LogP contribution is 2.15. The molecule has 3 heteroatoms. The molecular weight excluding hydrogens is 152 g/mol. The number of fused-ring (bicyclic) bond motifs is 1. The second-order valence-corrected chi connectivity index (χ2v) is 2.41. The van der Waals surface area contributed by atoms with E-state index in [4.69, 9.17) is 4.74 Å². The van der Waals surface area contributed by atoms with Gasteiger partial charge in [-0.2, -0.15) is 0 Å². The van der Waals surface area contributed by atoms with Gasteiger partial charge in [0.25, 0.3) is 0 Å². The van der Waals surface area contributed by atoms with E-state index in [-0.39, 0.29) is 0 Å². The summed E-state index contributed by atoms with van der Waals surface area (Å²) in [5.74, 6) is 0.808. The SMILES string of the molecule is COc1ccc2nccnc2c1. The third-order valence-electron chi connectivity index (χ3n) is 1.68. The van der Waals surface area contributed by atoms with E-state index in [0.29, 0.717) is 0 Å². The lowest BCUT2D eigenvalue weighted by molar-refractivity contribution is 0.415. The maximum Gasteiger partial charge on any atom is 0.121 e. The summed E-state index contributed by atoms with van der Waals surface area (Å²) in [5, 5.41) is 0. The first-order valence-electron chi connectivity index (χ1n) is 3.65. The molecule has 0 unspecified atom stereocenters. The van der Waals surface area contributed by atoms with Crippen molar-refractivity contribution in [2.24, 2.45) is 0 Å². The summed E-state index contributed by atoms with van der Waals surface area (Å²) in [7, 11) is 1.64. The third-order valence-corrected chi connectivity index (χ3v) is 1.68. The number of ether oxygens (including phenoxy) is 1. The first-order valence-corrected chi connectivity index (χ1v) is 3.65. The number of rotatable bonds is 1. The molecule has 0 saturated heterocycles. The van der Waals surface area contributed by atoms with Gasteiger partial charge in [-0.25, -0.2) is 0 Å². The molecule has 0 bridgehead atoms. The van der Waals surface area contributed by atoms with Crippen LogP contribution in [0, 0.1) is 0 Å². The van der Waals surface area contributed by atoms with Crippen LogP contribution in [-0.4, -0.2) is 17.1 Å². The lowest BCUT2D eigenvalue weighted by Crippen LogP contribution is -1.85. The van der Waals surface area contributed by atoms with Crippen LogP contribution in [-0.2, 0) is 0 Å². The Balaban J connectivity index is 2.67. The van der Waals surface area contributed by atoms with Crippen LogP contribution in [0.2, 0.25) is 0 Å². The van der Waals surface area contributed by atoms with Crippen molar-refractivity contribution in [2.45, 2.75) is 0 Å². The quantitative estimate of drug-likeness (QED) is 0.636. The summed E-state index contributed by atoms with van der Waals surface area (Å²) in [4.78, 5) is 8.29. The first-order chi connectivity index (χ1) is 5.90. The molecule has 0 aliphatic carbocycles. The van der Waals surface area contributed by atoms with Crippen LogP contribution in [0.3, 0.4) is 0 Å². The number of hydrogen-bond donors (Lipinski definition) is 0. The standard InChI is InChI=1S/C9H8N2O/c1-12-7-2-3-8-9(6-7)11-5-4-10-8/h2-6H,1H3. The van der Waals surface area contributed by atoms with Gasteiger partial charge in [-0.3, -0.25) is 9.97 Å². The van der Waals surface area contributed by atoms with Crippen LogP contribution in [0.5, 0.6) is 5.75 Å². The van der Waals surface area contributed by atoms with Crippen molar-refractivity contribution in [2.75, 3.05) is 7.11 Å². The van der Waals surface area contributed by atoms with Crippen molar-refractivity contribution in [3.63, 3.8) is 0 Å². The smallest absolute Gasteiger partial charge is 0.121 e. The molecule has 0 amide bonds. The lowest BCUT2D eigenvalue weighted by atomic mass is 10.3. The minimum Gasteiger partial charge on any atom is -0.497 e. The Labute approximate surface area is 70.0 Å². The molecule has 3 nitrogen and oxygen atoms in total. The van der Waals surface area contributed by atoms with Crippen LogP contribution in [0.1, 0.15) is 0 Å². The van der Waals surface area contributed by atoms with Gasteiger partial charge < -0.3 is 4.74 Å². The largest absolute Gasteiger partial charge is 0.497 e. The Morgan fingerprint density at radius 3 is 2.58 bits per heavy atom. The zero-order valence-corrected chi connectivity index (χ0v) is 6.69. The molecule has 0 atom stereocenters. The zero-order valence-electron chi connectivity index (χ0n) is 6.69. The van der Waals surface area contributed by atoms with E-state index in [1.165, 1.54) is 0 Å². The van der Waals surface area contributed by atoms with Crippen molar-refractivity contribution < 1.29 is 4.74 Å². The normalized spacial score (nSPS) is 10.1. The molecule has 1 heterocycles. The maximum atomic E-state index is 5.05. The average Bonchev–Trinajstić information content (AvgIpc) is 2.17. The molecule has 0 N–H and O–H groups in total. The Kier molecular flexibility index (Phi) is 1.63. The fourth-order valence-corrected chi connectivity index (χ4v) is 1.07. The van der Waals surface area contributed by atoms with Crippen molar-refractivity contribution in [1.82, 2.24) is 9.97 Å². The van der Waals surface area contributed by atoms with E-state index in [9.17, 15) is 0 Å². The molecule has 0 radical (unpaired) electrons. The Morgan fingerprint density at radius 1 is 1.08 bits per heavy atom. The number of methoxy groups -OCH3 is 1. The molecule has 0 fully saturated rings. The van der Waals surface area contributed by atoms with Crippen LogP contribution in [0.25, 0.3) is 11.0 Å². The molecule has 12 heavy (non-hydrogen) atoms. The molecule has 60 valence electrons. The van der Waals surface area contributed by atoms with E-state index in [1.807, 2.05) is 18.2 Å². The highest BCUT2D eigenvalue weighted by Gasteiger charge is 1.95. The summed E-state index contributed by atoms with van der Waals surface area (Å²) in [6.07, 6.45) is 3.34. The molecular formula is C9H8N2O. The summed E-state index contributed by atoms with van der Waals surface area (Å²) < 4.78 is 5.05. The van der Waals surface area contributed by atoms with Gasteiger partial charge in [0.2, 0.25) is 0 Å². The summed E-state index contributed by atoms with van der Waals surface area (Å²) in [5.41, 5.74) is 1.75. The number of aromatic nitrogens is 2. The number of benzene rings is 1. The van der Waals surface area contributed by atoms with Crippen molar-refractivity contribution in [1.29, 1.82) is 0 Å². The number of nitrogens with zero attached hydrogens (tertiary/aromatic N) is 2. The van der Waals surface area contributed by atoms with Gasteiger partial charge in [0.05, 0.1) is 18.1 Å². The summed E-state index contributed by atoms with van der Waals surface area (Å²) in [6, 6.07) is 5.63. The van der Waals surface area contributed by atoms with Gasteiger partial charge in [-0.1, -0.05) is 0 Å². The predicted octanol–water partition coefficient (Wildman–Crippen LogP) is 1.64. The second kappa shape index (κ2) is 2.77. The topological polar surface area (TPSA) is 35.0 Å². The first kappa shape index (κ1) is 7.03. The van der Waals surface area contributed by atoms with Crippen LogP contribution in [0.4, 0.5) is 0 Å². The molecule has 0 aliphatic heterocycles. The van der Waals surface area contributed by atoms with Gasteiger partial charge in [-0.15, -0.1) is 0 Å². The fraction of sp³-hybridized carbons (Fsp3) is 0.111. The Bertz CT molecular complexity index is 400. The fourth-order valence-electron chi connectivity index (χ4n) is 1.07. The van der Waals surface area contributed by atoms with Crippen molar-refractivity contribution >= 4 is 11.0 Å². The van der Waals surface area contributed by atoms with Crippen molar-refractivity contribution in [3.8, 4) is 5.75 Å². The Hall–Kier alpha value is -1.64. The minimum atomic E-state index is 0.808. The van der Waals surface area contributed by atoms with E-state index in [2.05, 4.69) is 9.97 Å². The molecule has 0 saturated carbocycles. The molecule has 2 rings (SSSR count). The lowest BCUT2D eigenvalue weighted by Gasteiger charge is -1.99. The highest BCUT2D eigenvalue weighted by molar-refractivity contribution is 5.75. The van der Waals surface area contributed by atoms with Crippen molar-refractivity contribution in [3.05, 3.63) is 30.6 Å². The summed E-state index contributed by atoms with van der Waals surface area (Å²) >= 11 is 0. The summed E-state index contributed by atoms with van der Waals surface area (Å²) in [6.45, 7) is 0. The van der Waals surface area contributed by atoms with Gasteiger partial charge in [0.1, 0.15) is 5.75 Å². The van der Waals surface area contributed by atoms with Gasteiger partial charge in [0.15, 0.2) is 0 Å². The Morgan fingerprint density at radius 2 is 1.83 bits per heavy atom. The minimum absolute atomic E-state index is 0.808. The number of hydrogen-bond acceptors (Lipinski definition) is 3. The van der Waals surface area contributed by atoms with E-state index in [1.54, 1.807) is 19.5 Å². The second-order valence-electron chi connectivity index (χ2n) is 2.41. The monoisotopic (exact) mass is 160 g/mol. The van der Waals surface area contributed by atoms with Gasteiger partial charge in [0, 0.05) is 18.5 Å². The molecule has 0 spiro atoms. The van der Waals surface area contributed by atoms with Crippen LogP contribution >= 0.6 is 0 Å². The zero-order chi connectivity index (χ0) is 8.39. The van der Waals surface area contributed by atoms with Crippen LogP contribution < -0.4 is 4.74 Å². The third kappa shape index (κ3) is 1.09. The predicted molar refractivity (Wildman–Crippen MR) is 46.1 cm³/mol. The highest BCUT2D eigenvalue weighted by atomic mass is 16.5. The van der Waals surface area contributed by atoms with E-state index in [0.717, 1.165) is 16.8 Å². The molecule has 1 aromatic carbocycles. The van der Waals surface area contributed by atoms with E-state index >= 15 is 0 Å². The maximum absolute atomic E-state index is 5.05. The average molecular weight is 160 g/mol. The van der Waals surface area contributed by atoms with Gasteiger partial charge >= 0.3 is 0 Å². The van der Waals surface area contributed by atoms with Crippen LogP contribution in [0.15, 0.2) is 30.6 Å². The molecule has 1 aromatic heterocycles. The molecule has 2 aromatic rings. The molecule has 0 aliphatic rings. The van der Waals surface area contributed by atoms with Gasteiger partial charge in [-0.05, 0) is 12.1 Å².